The van der Waals surface area contributed by atoms with E-state index in [1.807, 2.05) is 24.3 Å². The third-order valence-electron chi connectivity index (χ3n) is 4.71. The van der Waals surface area contributed by atoms with Crippen molar-refractivity contribution in [2.24, 2.45) is 0 Å². The van der Waals surface area contributed by atoms with Gasteiger partial charge in [0.05, 0.1) is 19.3 Å². The van der Waals surface area contributed by atoms with Gasteiger partial charge < -0.3 is 24.3 Å². The van der Waals surface area contributed by atoms with E-state index in [1.165, 1.54) is 12.7 Å². The number of hydrogen-bond acceptors (Lipinski definition) is 6. The standard InChI is InChI=1S/C19H26N2O6/c1-11(2)12-4-6-13(7-5-12)20-19(23)27-15-9-26-17-14(8-25-18(15)17)21-16(22)10-24-3/h4-7,11,14-15,17-18H,8-10H2,1-3H3,(H,20,23)(H,21,22). The van der Waals surface area contributed by atoms with Crippen molar-refractivity contribution in [3.63, 3.8) is 0 Å². The molecular weight excluding hydrogens is 352 g/mol. The zero-order valence-electron chi connectivity index (χ0n) is 15.8. The van der Waals surface area contributed by atoms with Crippen LogP contribution in [0.4, 0.5) is 10.5 Å². The second-order valence-electron chi connectivity index (χ2n) is 7.05. The molecule has 3 rings (SSSR count). The van der Waals surface area contributed by atoms with Crippen LogP contribution in [0.3, 0.4) is 0 Å². The van der Waals surface area contributed by atoms with E-state index in [2.05, 4.69) is 24.5 Å². The summed E-state index contributed by atoms with van der Waals surface area (Å²) in [6.45, 7) is 4.74. The maximum atomic E-state index is 12.2. The van der Waals surface area contributed by atoms with Crippen LogP contribution in [0.5, 0.6) is 0 Å². The highest BCUT2D eigenvalue weighted by atomic mass is 16.6. The van der Waals surface area contributed by atoms with E-state index < -0.39 is 18.3 Å². The fraction of sp³-hybridized carbons (Fsp3) is 0.579. The van der Waals surface area contributed by atoms with E-state index in [-0.39, 0.29) is 31.3 Å². The van der Waals surface area contributed by atoms with Crippen molar-refractivity contribution in [1.82, 2.24) is 5.32 Å². The van der Waals surface area contributed by atoms with Crippen LogP contribution in [-0.2, 0) is 23.7 Å². The molecule has 0 aliphatic carbocycles. The lowest BCUT2D eigenvalue weighted by Gasteiger charge is -2.18. The molecule has 8 nitrogen and oxygen atoms in total. The van der Waals surface area contributed by atoms with Gasteiger partial charge in [-0.2, -0.15) is 0 Å². The Morgan fingerprint density at radius 2 is 1.85 bits per heavy atom. The lowest BCUT2D eigenvalue weighted by molar-refractivity contribution is -0.126. The van der Waals surface area contributed by atoms with Crippen molar-refractivity contribution >= 4 is 17.7 Å². The third-order valence-corrected chi connectivity index (χ3v) is 4.71. The maximum absolute atomic E-state index is 12.2. The summed E-state index contributed by atoms with van der Waals surface area (Å²) in [4.78, 5) is 23.9. The summed E-state index contributed by atoms with van der Waals surface area (Å²) in [6.07, 6.45) is -1.81. The number of hydrogen-bond donors (Lipinski definition) is 2. The fourth-order valence-electron chi connectivity index (χ4n) is 3.30. The Balaban J connectivity index is 1.50. The number of benzene rings is 1. The number of ether oxygens (including phenoxy) is 4. The van der Waals surface area contributed by atoms with Crippen molar-refractivity contribution in [3.8, 4) is 0 Å². The first-order valence-corrected chi connectivity index (χ1v) is 9.07. The molecule has 2 aliphatic heterocycles. The van der Waals surface area contributed by atoms with Crippen LogP contribution in [0.1, 0.15) is 25.3 Å². The topological polar surface area (TPSA) is 95.1 Å². The number of methoxy groups -OCH3 is 1. The summed E-state index contributed by atoms with van der Waals surface area (Å²) in [5.74, 6) is 0.192. The molecule has 148 valence electrons. The van der Waals surface area contributed by atoms with Gasteiger partial charge in [0.15, 0.2) is 6.10 Å². The van der Waals surface area contributed by atoms with E-state index in [0.717, 1.165) is 0 Å². The van der Waals surface area contributed by atoms with Crippen molar-refractivity contribution in [1.29, 1.82) is 0 Å². The Morgan fingerprint density at radius 3 is 2.52 bits per heavy atom. The smallest absolute Gasteiger partial charge is 0.412 e. The van der Waals surface area contributed by atoms with Gasteiger partial charge in [-0.15, -0.1) is 0 Å². The van der Waals surface area contributed by atoms with E-state index in [9.17, 15) is 9.59 Å². The molecule has 2 amide bonds. The van der Waals surface area contributed by atoms with Crippen molar-refractivity contribution in [2.45, 2.75) is 44.1 Å². The third kappa shape index (κ3) is 4.77. The van der Waals surface area contributed by atoms with Crippen LogP contribution < -0.4 is 10.6 Å². The molecule has 0 aromatic heterocycles. The number of anilines is 1. The van der Waals surface area contributed by atoms with Crippen molar-refractivity contribution < 1.29 is 28.5 Å². The van der Waals surface area contributed by atoms with Gasteiger partial charge >= 0.3 is 6.09 Å². The number of rotatable bonds is 6. The van der Waals surface area contributed by atoms with E-state index in [1.54, 1.807) is 0 Å². The maximum Gasteiger partial charge on any atom is 0.412 e. The summed E-state index contributed by atoms with van der Waals surface area (Å²) >= 11 is 0. The first-order chi connectivity index (χ1) is 13.0. The SMILES string of the molecule is COCC(=O)NC1COC2C(OC(=O)Nc3ccc(C(C)C)cc3)COC12. The largest absolute Gasteiger partial charge is 0.441 e. The summed E-state index contributed by atoms with van der Waals surface area (Å²) < 4.78 is 21.7. The predicted octanol–water partition coefficient (Wildman–Crippen LogP) is 1.66. The molecule has 1 aromatic rings. The van der Waals surface area contributed by atoms with Crippen LogP contribution in [0.25, 0.3) is 0 Å². The molecule has 27 heavy (non-hydrogen) atoms. The lowest BCUT2D eigenvalue weighted by atomic mass is 10.0. The molecule has 0 bridgehead atoms. The minimum absolute atomic E-state index is 0.0220. The number of amides is 2. The molecule has 8 heteroatoms. The second-order valence-corrected chi connectivity index (χ2v) is 7.05. The molecule has 0 spiro atoms. The highest BCUT2D eigenvalue weighted by Crippen LogP contribution is 2.29. The second kappa shape index (κ2) is 8.69. The fourth-order valence-corrected chi connectivity index (χ4v) is 3.30. The van der Waals surface area contributed by atoms with Gasteiger partial charge in [0.1, 0.15) is 18.8 Å². The zero-order chi connectivity index (χ0) is 19.4. The molecule has 2 fully saturated rings. The molecule has 2 saturated heterocycles. The van der Waals surface area contributed by atoms with Gasteiger partial charge in [0.25, 0.3) is 0 Å². The normalized spacial score (nSPS) is 26.7. The Hall–Kier alpha value is -2.16. The van der Waals surface area contributed by atoms with Gasteiger partial charge in [-0.25, -0.2) is 4.79 Å². The molecule has 0 radical (unpaired) electrons. The van der Waals surface area contributed by atoms with E-state index >= 15 is 0 Å². The molecule has 0 saturated carbocycles. The minimum Gasteiger partial charge on any atom is -0.441 e. The first kappa shape index (κ1) is 19.6. The lowest BCUT2D eigenvalue weighted by Crippen LogP contribution is -2.45. The molecular formula is C19H26N2O6. The highest BCUT2D eigenvalue weighted by Gasteiger charge is 2.49. The minimum atomic E-state index is -0.558. The number of nitrogens with one attached hydrogen (secondary N) is 2. The quantitative estimate of drug-likeness (QED) is 0.782. The average molecular weight is 378 g/mol. The Bertz CT molecular complexity index is 663. The Labute approximate surface area is 158 Å². The molecule has 2 N–H and O–H groups in total. The molecule has 2 aliphatic rings. The van der Waals surface area contributed by atoms with Gasteiger partial charge in [0, 0.05) is 12.8 Å². The van der Waals surface area contributed by atoms with E-state index in [4.69, 9.17) is 18.9 Å². The zero-order valence-corrected chi connectivity index (χ0v) is 15.8. The van der Waals surface area contributed by atoms with E-state index in [0.29, 0.717) is 18.2 Å². The van der Waals surface area contributed by atoms with Crippen LogP contribution in [-0.4, -0.2) is 63.3 Å². The van der Waals surface area contributed by atoms with Gasteiger partial charge in [-0.3, -0.25) is 10.1 Å². The molecule has 4 unspecified atom stereocenters. The molecule has 4 atom stereocenters. The van der Waals surface area contributed by atoms with Crippen LogP contribution in [0.15, 0.2) is 24.3 Å². The predicted molar refractivity (Wildman–Crippen MR) is 97.7 cm³/mol. The summed E-state index contributed by atoms with van der Waals surface area (Å²) in [6, 6.07) is 7.36. The number of carbonyl (C=O) groups excluding carboxylic acids is 2. The van der Waals surface area contributed by atoms with Crippen LogP contribution in [0, 0.1) is 0 Å². The van der Waals surface area contributed by atoms with Gasteiger partial charge in [-0.1, -0.05) is 26.0 Å². The highest BCUT2D eigenvalue weighted by molar-refractivity contribution is 5.84. The van der Waals surface area contributed by atoms with Gasteiger partial charge in [-0.05, 0) is 23.6 Å². The van der Waals surface area contributed by atoms with Crippen LogP contribution >= 0.6 is 0 Å². The number of fused-ring (bicyclic) bond motifs is 1. The monoisotopic (exact) mass is 378 g/mol. The van der Waals surface area contributed by atoms with Crippen LogP contribution in [0.2, 0.25) is 0 Å². The van der Waals surface area contributed by atoms with Crippen molar-refractivity contribution in [3.05, 3.63) is 29.8 Å². The first-order valence-electron chi connectivity index (χ1n) is 9.07. The summed E-state index contributed by atoms with van der Waals surface area (Å²) in [5, 5.41) is 5.53. The Morgan fingerprint density at radius 1 is 1.15 bits per heavy atom. The number of carbonyl (C=O) groups is 2. The molecule has 2 heterocycles. The summed E-state index contributed by atoms with van der Waals surface area (Å²) in [5.41, 5.74) is 1.86. The molecule has 1 aromatic carbocycles. The summed E-state index contributed by atoms with van der Waals surface area (Å²) in [7, 11) is 1.46. The van der Waals surface area contributed by atoms with Crippen molar-refractivity contribution in [2.75, 3.05) is 32.2 Å². The van der Waals surface area contributed by atoms with Gasteiger partial charge in [0.2, 0.25) is 5.91 Å². The Kier molecular flexibility index (Phi) is 6.30. The average Bonchev–Trinajstić information content (AvgIpc) is 3.19.